The lowest BCUT2D eigenvalue weighted by Gasteiger charge is -2.26. The summed E-state index contributed by atoms with van der Waals surface area (Å²) in [7, 11) is 0. The third kappa shape index (κ3) is 4.05. The van der Waals surface area contributed by atoms with Crippen LogP contribution in [0.25, 0.3) is 10.2 Å². The molecule has 0 fully saturated rings. The Labute approximate surface area is 171 Å². The first-order chi connectivity index (χ1) is 13.1. The zero-order valence-corrected chi connectivity index (χ0v) is 17.8. The monoisotopic (exact) mass is 420 g/mol. The van der Waals surface area contributed by atoms with Crippen LogP contribution in [0.2, 0.25) is 5.02 Å². The van der Waals surface area contributed by atoms with Gasteiger partial charge in [-0.05, 0) is 64.4 Å². The van der Waals surface area contributed by atoms with Crippen molar-refractivity contribution >= 4 is 39.1 Å². The molecule has 0 spiro atoms. The maximum atomic E-state index is 12.6. The Bertz CT molecular complexity index is 1090. The molecule has 0 amide bonds. The average molecular weight is 421 g/mol. The molecule has 0 bridgehead atoms. The van der Waals surface area contributed by atoms with Crippen molar-refractivity contribution in [3.63, 3.8) is 0 Å². The van der Waals surface area contributed by atoms with Gasteiger partial charge in [0.25, 0.3) is 5.56 Å². The number of nitrogens with one attached hydrogen (secondary N) is 1. The van der Waals surface area contributed by atoms with Crippen molar-refractivity contribution < 1.29 is 14.3 Å². The number of aromatic amines is 1. The summed E-state index contributed by atoms with van der Waals surface area (Å²) in [5.74, 6) is 0.224. The van der Waals surface area contributed by atoms with Gasteiger partial charge in [-0.1, -0.05) is 11.6 Å². The van der Waals surface area contributed by atoms with E-state index in [4.69, 9.17) is 21.1 Å². The minimum Gasteiger partial charge on any atom is -0.476 e. The van der Waals surface area contributed by atoms with E-state index in [0.717, 1.165) is 10.4 Å². The molecule has 3 aromatic rings. The van der Waals surface area contributed by atoms with Gasteiger partial charge >= 0.3 is 5.97 Å². The topological polar surface area (TPSA) is 81.3 Å². The van der Waals surface area contributed by atoms with E-state index >= 15 is 0 Å². The van der Waals surface area contributed by atoms with E-state index in [1.54, 1.807) is 45.0 Å². The van der Waals surface area contributed by atoms with E-state index < -0.39 is 17.7 Å². The number of thiophene rings is 1. The molecule has 3 rings (SSSR count). The molecule has 0 saturated carbocycles. The van der Waals surface area contributed by atoms with Gasteiger partial charge in [-0.2, -0.15) is 0 Å². The Hall–Kier alpha value is -2.38. The van der Waals surface area contributed by atoms with Crippen molar-refractivity contribution in [1.29, 1.82) is 0 Å². The predicted molar refractivity (Wildman–Crippen MR) is 110 cm³/mol. The first kappa shape index (κ1) is 20.4. The number of carbonyl (C=O) groups excluding carboxylic acids is 1. The number of rotatable bonds is 5. The summed E-state index contributed by atoms with van der Waals surface area (Å²) in [6.07, 6.45) is -0.736. The van der Waals surface area contributed by atoms with Crippen LogP contribution in [0.1, 0.15) is 43.1 Å². The summed E-state index contributed by atoms with van der Waals surface area (Å²) in [5.41, 5.74) is -0.549. The molecule has 0 aliphatic carbocycles. The molecule has 1 unspecified atom stereocenters. The van der Waals surface area contributed by atoms with Crippen LogP contribution in [0.3, 0.4) is 0 Å². The second kappa shape index (κ2) is 7.56. The molecule has 1 aromatic carbocycles. The average Bonchev–Trinajstić information content (AvgIpc) is 2.91. The number of carbonyl (C=O) groups is 1. The molecule has 2 heterocycles. The lowest BCUT2D eigenvalue weighted by atomic mass is 10.1. The highest BCUT2D eigenvalue weighted by molar-refractivity contribution is 7.18. The van der Waals surface area contributed by atoms with Crippen LogP contribution in [0.15, 0.2) is 29.1 Å². The zero-order valence-electron chi connectivity index (χ0n) is 16.3. The fourth-order valence-electron chi connectivity index (χ4n) is 2.66. The van der Waals surface area contributed by atoms with Crippen molar-refractivity contribution in [2.24, 2.45) is 0 Å². The summed E-state index contributed by atoms with van der Waals surface area (Å²) in [6, 6.07) is 6.70. The van der Waals surface area contributed by atoms with Gasteiger partial charge < -0.3 is 14.5 Å². The SMILES string of the molecule is Cc1sc2nc(C(C)OC(=O)C(C)(C)Oc3ccc(Cl)cc3)[nH]c(=O)c2c1C. The van der Waals surface area contributed by atoms with Crippen LogP contribution < -0.4 is 10.3 Å². The van der Waals surface area contributed by atoms with Crippen molar-refractivity contribution in [3.05, 3.63) is 55.9 Å². The maximum absolute atomic E-state index is 12.6. The highest BCUT2D eigenvalue weighted by Gasteiger charge is 2.34. The third-order valence-electron chi connectivity index (χ3n) is 4.40. The van der Waals surface area contributed by atoms with E-state index in [1.807, 2.05) is 13.8 Å². The number of halogens is 1. The van der Waals surface area contributed by atoms with Gasteiger partial charge in [0.15, 0.2) is 17.5 Å². The summed E-state index contributed by atoms with van der Waals surface area (Å²) < 4.78 is 11.3. The fourth-order valence-corrected chi connectivity index (χ4v) is 3.82. The highest BCUT2D eigenvalue weighted by atomic mass is 35.5. The number of aryl methyl sites for hydroxylation is 2. The lowest BCUT2D eigenvalue weighted by molar-refractivity contribution is -0.164. The number of fused-ring (bicyclic) bond motifs is 1. The van der Waals surface area contributed by atoms with E-state index in [0.29, 0.717) is 26.8 Å². The molecule has 1 N–H and O–H groups in total. The van der Waals surface area contributed by atoms with Crippen LogP contribution in [0, 0.1) is 13.8 Å². The number of hydrogen-bond acceptors (Lipinski definition) is 6. The molecule has 28 heavy (non-hydrogen) atoms. The summed E-state index contributed by atoms with van der Waals surface area (Å²) >= 11 is 7.31. The number of aromatic nitrogens is 2. The largest absolute Gasteiger partial charge is 0.476 e. The quantitative estimate of drug-likeness (QED) is 0.604. The normalized spacial score (nSPS) is 12.8. The number of H-pyrrole nitrogens is 1. The number of esters is 1. The predicted octanol–water partition coefficient (Wildman–Crippen LogP) is 4.72. The Morgan fingerprint density at radius 3 is 2.54 bits per heavy atom. The summed E-state index contributed by atoms with van der Waals surface area (Å²) in [4.78, 5) is 33.9. The van der Waals surface area contributed by atoms with Crippen LogP contribution in [-0.4, -0.2) is 21.5 Å². The van der Waals surface area contributed by atoms with E-state index in [-0.39, 0.29) is 5.56 Å². The second-order valence-electron chi connectivity index (χ2n) is 7.03. The molecule has 0 saturated heterocycles. The standard InChI is InChI=1S/C20H21ClN2O4S/c1-10-12(3)28-18-15(10)17(24)22-16(23-18)11(2)26-19(25)20(4,5)27-14-8-6-13(21)7-9-14/h6-9,11H,1-5H3,(H,22,23,24). The van der Waals surface area contributed by atoms with Gasteiger partial charge in [-0.15, -0.1) is 11.3 Å². The van der Waals surface area contributed by atoms with Gasteiger partial charge in [0, 0.05) is 9.90 Å². The van der Waals surface area contributed by atoms with Gasteiger partial charge in [-0.25, -0.2) is 9.78 Å². The Morgan fingerprint density at radius 2 is 1.89 bits per heavy atom. The summed E-state index contributed by atoms with van der Waals surface area (Å²) in [6.45, 7) is 8.73. The number of hydrogen-bond donors (Lipinski definition) is 1. The Morgan fingerprint density at radius 1 is 1.25 bits per heavy atom. The molecule has 0 aliphatic rings. The van der Waals surface area contributed by atoms with Gasteiger partial charge in [0.1, 0.15) is 10.6 Å². The van der Waals surface area contributed by atoms with Crippen LogP contribution in [-0.2, 0) is 9.53 Å². The molecule has 0 radical (unpaired) electrons. The molecular weight excluding hydrogens is 400 g/mol. The van der Waals surface area contributed by atoms with E-state index in [2.05, 4.69) is 9.97 Å². The van der Waals surface area contributed by atoms with Gasteiger partial charge in [0.05, 0.1) is 5.39 Å². The molecule has 1 atom stereocenters. The number of ether oxygens (including phenoxy) is 2. The second-order valence-corrected chi connectivity index (χ2v) is 8.67. The van der Waals surface area contributed by atoms with Crippen molar-refractivity contribution in [2.75, 3.05) is 0 Å². The maximum Gasteiger partial charge on any atom is 0.350 e. The first-order valence-electron chi connectivity index (χ1n) is 8.74. The van der Waals surface area contributed by atoms with Crippen molar-refractivity contribution in [1.82, 2.24) is 9.97 Å². The van der Waals surface area contributed by atoms with Crippen molar-refractivity contribution in [3.8, 4) is 5.75 Å². The number of benzene rings is 1. The number of nitrogens with zero attached hydrogens (tertiary/aromatic N) is 1. The van der Waals surface area contributed by atoms with Gasteiger partial charge in [-0.3, -0.25) is 4.79 Å². The third-order valence-corrected chi connectivity index (χ3v) is 5.76. The van der Waals surface area contributed by atoms with E-state index in [1.165, 1.54) is 11.3 Å². The van der Waals surface area contributed by atoms with E-state index in [9.17, 15) is 9.59 Å². The minimum absolute atomic E-state index is 0.235. The van der Waals surface area contributed by atoms with Crippen LogP contribution in [0.5, 0.6) is 5.75 Å². The summed E-state index contributed by atoms with van der Waals surface area (Å²) in [5, 5.41) is 1.15. The fraction of sp³-hybridized carbons (Fsp3) is 0.350. The molecular formula is C20H21ClN2O4S. The first-order valence-corrected chi connectivity index (χ1v) is 9.93. The molecule has 148 valence electrons. The molecule has 8 heteroatoms. The highest BCUT2D eigenvalue weighted by Crippen LogP contribution is 2.28. The lowest BCUT2D eigenvalue weighted by Crippen LogP contribution is -2.40. The Balaban J connectivity index is 1.78. The zero-order chi connectivity index (χ0) is 20.6. The molecule has 6 nitrogen and oxygen atoms in total. The molecule has 2 aromatic heterocycles. The Kier molecular flexibility index (Phi) is 5.50. The smallest absolute Gasteiger partial charge is 0.350 e. The molecule has 0 aliphatic heterocycles. The van der Waals surface area contributed by atoms with Crippen molar-refractivity contribution in [2.45, 2.75) is 46.3 Å². The van der Waals surface area contributed by atoms with Crippen LogP contribution in [0.4, 0.5) is 0 Å². The van der Waals surface area contributed by atoms with Crippen LogP contribution >= 0.6 is 22.9 Å². The minimum atomic E-state index is -1.23. The van der Waals surface area contributed by atoms with Gasteiger partial charge in [0.2, 0.25) is 0 Å².